The second kappa shape index (κ2) is 7.92. The molecule has 1 aromatic heterocycles. The minimum Gasteiger partial charge on any atom is -0.354 e. The van der Waals surface area contributed by atoms with Crippen molar-refractivity contribution in [2.24, 2.45) is 0 Å². The average Bonchev–Trinajstić information content (AvgIpc) is 2.80. The Bertz CT molecular complexity index is 902. The number of hydrogen-bond acceptors (Lipinski definition) is 3. The third-order valence-electron chi connectivity index (χ3n) is 6.75. The molecule has 0 amide bonds. The Morgan fingerprint density at radius 1 is 0.714 bits per heavy atom. The number of fused-ring (bicyclic) bond motifs is 1. The standard InChI is InChI=1S/C25H29N3/c1-2-6-20(7-3-1)21-10-12-23(13-11-21)27-16-18-28(19-17-27)25-24-9-5-4-8-22(24)14-15-26-25/h1-9,14-15,21,23H,10-13,16-19H2/t21-,23-. The Kier molecular flexibility index (Phi) is 5.01. The van der Waals surface area contributed by atoms with Gasteiger partial charge in [0, 0.05) is 43.8 Å². The molecule has 0 spiro atoms. The first kappa shape index (κ1) is 17.7. The molecule has 1 saturated carbocycles. The third-order valence-corrected chi connectivity index (χ3v) is 6.75. The van der Waals surface area contributed by atoms with E-state index < -0.39 is 0 Å². The summed E-state index contributed by atoms with van der Waals surface area (Å²) >= 11 is 0. The highest BCUT2D eigenvalue weighted by Crippen LogP contribution is 2.35. The molecule has 3 aromatic rings. The fraction of sp³-hybridized carbons (Fsp3) is 0.400. The van der Waals surface area contributed by atoms with Crippen LogP contribution < -0.4 is 4.90 Å². The number of benzene rings is 2. The fourth-order valence-electron chi connectivity index (χ4n) is 5.15. The zero-order valence-corrected chi connectivity index (χ0v) is 16.5. The highest BCUT2D eigenvalue weighted by Gasteiger charge is 2.29. The second-order valence-corrected chi connectivity index (χ2v) is 8.29. The monoisotopic (exact) mass is 371 g/mol. The number of nitrogens with zero attached hydrogens (tertiary/aromatic N) is 3. The highest BCUT2D eigenvalue weighted by atomic mass is 15.3. The zero-order chi connectivity index (χ0) is 18.8. The highest BCUT2D eigenvalue weighted by molar-refractivity contribution is 5.92. The van der Waals surface area contributed by atoms with Crippen LogP contribution in [0.3, 0.4) is 0 Å². The summed E-state index contributed by atoms with van der Waals surface area (Å²) < 4.78 is 0. The first-order valence-electron chi connectivity index (χ1n) is 10.8. The number of pyridine rings is 1. The molecule has 1 aliphatic heterocycles. The molecule has 0 radical (unpaired) electrons. The molecule has 0 N–H and O–H groups in total. The van der Waals surface area contributed by atoms with Crippen molar-refractivity contribution in [1.29, 1.82) is 0 Å². The van der Waals surface area contributed by atoms with Crippen molar-refractivity contribution in [2.45, 2.75) is 37.6 Å². The summed E-state index contributed by atoms with van der Waals surface area (Å²) in [5, 5.41) is 2.57. The normalized spacial score (nSPS) is 23.8. The van der Waals surface area contributed by atoms with E-state index in [1.165, 1.54) is 42.0 Å². The van der Waals surface area contributed by atoms with E-state index in [1.807, 2.05) is 6.20 Å². The van der Waals surface area contributed by atoms with Gasteiger partial charge in [0.2, 0.25) is 0 Å². The van der Waals surface area contributed by atoms with Gasteiger partial charge in [-0.1, -0.05) is 54.6 Å². The van der Waals surface area contributed by atoms with Crippen molar-refractivity contribution in [1.82, 2.24) is 9.88 Å². The molecule has 0 atom stereocenters. The van der Waals surface area contributed by atoms with Gasteiger partial charge in [-0.05, 0) is 48.6 Å². The van der Waals surface area contributed by atoms with E-state index in [-0.39, 0.29) is 0 Å². The lowest BCUT2D eigenvalue weighted by Crippen LogP contribution is -2.51. The smallest absolute Gasteiger partial charge is 0.136 e. The summed E-state index contributed by atoms with van der Waals surface area (Å²) in [5.74, 6) is 1.92. The van der Waals surface area contributed by atoms with Crippen LogP contribution in [0.15, 0.2) is 66.9 Å². The van der Waals surface area contributed by atoms with Gasteiger partial charge >= 0.3 is 0 Å². The number of aromatic nitrogens is 1. The predicted molar refractivity (Wildman–Crippen MR) is 117 cm³/mol. The molecule has 3 heteroatoms. The van der Waals surface area contributed by atoms with Gasteiger partial charge in [0.25, 0.3) is 0 Å². The van der Waals surface area contributed by atoms with Crippen LogP contribution in [-0.4, -0.2) is 42.1 Å². The van der Waals surface area contributed by atoms with Crippen LogP contribution >= 0.6 is 0 Å². The Hall–Kier alpha value is -2.39. The van der Waals surface area contributed by atoms with Crippen LogP contribution in [0.5, 0.6) is 0 Å². The number of hydrogen-bond donors (Lipinski definition) is 0. The molecule has 144 valence electrons. The molecular formula is C25H29N3. The molecule has 2 fully saturated rings. The maximum atomic E-state index is 4.72. The molecule has 0 unspecified atom stereocenters. The quantitative estimate of drug-likeness (QED) is 0.640. The van der Waals surface area contributed by atoms with Crippen LogP contribution in [0.1, 0.15) is 37.2 Å². The first-order valence-corrected chi connectivity index (χ1v) is 10.8. The SMILES string of the molecule is c1ccc([C@H]2CC[C@H](N3CCN(c4nccc5ccccc45)CC3)CC2)cc1. The average molecular weight is 372 g/mol. The minimum atomic E-state index is 0.763. The Morgan fingerprint density at radius 2 is 1.43 bits per heavy atom. The van der Waals surface area contributed by atoms with Crippen molar-refractivity contribution in [3.63, 3.8) is 0 Å². The molecule has 1 aliphatic carbocycles. The topological polar surface area (TPSA) is 19.4 Å². The molecule has 1 saturated heterocycles. The number of rotatable bonds is 3. The largest absolute Gasteiger partial charge is 0.354 e. The van der Waals surface area contributed by atoms with E-state index in [0.29, 0.717) is 0 Å². The van der Waals surface area contributed by atoms with Gasteiger partial charge in [-0.25, -0.2) is 4.98 Å². The van der Waals surface area contributed by atoms with Crippen molar-refractivity contribution in [3.05, 3.63) is 72.4 Å². The van der Waals surface area contributed by atoms with Crippen LogP contribution in [0, 0.1) is 0 Å². The molecule has 28 heavy (non-hydrogen) atoms. The van der Waals surface area contributed by atoms with Crippen LogP contribution in [0.4, 0.5) is 5.82 Å². The van der Waals surface area contributed by atoms with Crippen LogP contribution in [0.25, 0.3) is 10.8 Å². The first-order chi connectivity index (χ1) is 13.9. The number of anilines is 1. The summed E-state index contributed by atoms with van der Waals surface area (Å²) in [5.41, 5.74) is 1.53. The maximum Gasteiger partial charge on any atom is 0.136 e. The molecule has 2 aliphatic rings. The van der Waals surface area contributed by atoms with E-state index >= 15 is 0 Å². The van der Waals surface area contributed by atoms with Gasteiger partial charge in [-0.15, -0.1) is 0 Å². The van der Waals surface area contributed by atoms with Gasteiger partial charge in [-0.2, -0.15) is 0 Å². The van der Waals surface area contributed by atoms with Crippen molar-refractivity contribution < 1.29 is 0 Å². The van der Waals surface area contributed by atoms with E-state index in [0.717, 1.165) is 44.0 Å². The summed E-state index contributed by atoms with van der Waals surface area (Å²) in [7, 11) is 0. The number of piperazine rings is 1. The molecule has 3 nitrogen and oxygen atoms in total. The predicted octanol–water partition coefficient (Wildman–Crippen LogP) is 5.08. The minimum absolute atomic E-state index is 0.763. The van der Waals surface area contributed by atoms with Crippen molar-refractivity contribution >= 4 is 16.6 Å². The zero-order valence-electron chi connectivity index (χ0n) is 16.5. The lowest BCUT2D eigenvalue weighted by atomic mass is 9.81. The Morgan fingerprint density at radius 3 is 2.21 bits per heavy atom. The van der Waals surface area contributed by atoms with E-state index in [1.54, 1.807) is 0 Å². The maximum absolute atomic E-state index is 4.72. The van der Waals surface area contributed by atoms with Crippen molar-refractivity contribution in [3.8, 4) is 0 Å². The molecule has 2 aromatic carbocycles. The van der Waals surface area contributed by atoms with Gasteiger partial charge in [0.05, 0.1) is 0 Å². The third kappa shape index (κ3) is 3.51. The van der Waals surface area contributed by atoms with Gasteiger partial charge < -0.3 is 4.90 Å². The Balaban J connectivity index is 1.20. The second-order valence-electron chi connectivity index (χ2n) is 8.29. The molecule has 2 heterocycles. The summed E-state index contributed by atoms with van der Waals surface area (Å²) in [6.07, 6.45) is 7.30. The fourth-order valence-corrected chi connectivity index (χ4v) is 5.15. The summed E-state index contributed by atoms with van der Waals surface area (Å²) in [6.45, 7) is 4.48. The van der Waals surface area contributed by atoms with Crippen LogP contribution in [-0.2, 0) is 0 Å². The molecular weight excluding hydrogens is 342 g/mol. The molecule has 5 rings (SSSR count). The van der Waals surface area contributed by atoms with Gasteiger partial charge in [-0.3, -0.25) is 4.90 Å². The van der Waals surface area contributed by atoms with E-state index in [9.17, 15) is 0 Å². The van der Waals surface area contributed by atoms with Gasteiger partial charge in [0.1, 0.15) is 5.82 Å². The van der Waals surface area contributed by atoms with Crippen LogP contribution in [0.2, 0.25) is 0 Å². The summed E-state index contributed by atoms with van der Waals surface area (Å²) in [6, 6.07) is 22.6. The van der Waals surface area contributed by atoms with Crippen molar-refractivity contribution in [2.75, 3.05) is 31.1 Å². The molecule has 0 bridgehead atoms. The van der Waals surface area contributed by atoms with Gasteiger partial charge in [0.15, 0.2) is 0 Å². The lowest BCUT2D eigenvalue weighted by molar-refractivity contribution is 0.141. The van der Waals surface area contributed by atoms with E-state index in [4.69, 9.17) is 4.98 Å². The lowest BCUT2D eigenvalue weighted by Gasteiger charge is -2.42. The summed E-state index contributed by atoms with van der Waals surface area (Å²) in [4.78, 5) is 9.94. The van der Waals surface area contributed by atoms with E-state index in [2.05, 4.69) is 70.5 Å². The Labute approximate surface area is 168 Å².